The predicted molar refractivity (Wildman–Crippen MR) is 84.4 cm³/mol. The van der Waals surface area contributed by atoms with Crippen molar-refractivity contribution in [2.45, 2.75) is 19.4 Å². The number of ether oxygens (including phenoxy) is 1. The summed E-state index contributed by atoms with van der Waals surface area (Å²) >= 11 is 0. The van der Waals surface area contributed by atoms with Crippen LogP contribution in [0.15, 0.2) is 58.3 Å². The highest BCUT2D eigenvalue weighted by Crippen LogP contribution is 2.27. The van der Waals surface area contributed by atoms with Gasteiger partial charge in [-0.1, -0.05) is 36.4 Å². The van der Waals surface area contributed by atoms with Crippen LogP contribution in [0.5, 0.6) is 0 Å². The van der Waals surface area contributed by atoms with Gasteiger partial charge in [-0.2, -0.15) is 0 Å². The van der Waals surface area contributed by atoms with Crippen molar-refractivity contribution in [3.63, 3.8) is 0 Å². The number of benzene rings is 1. The summed E-state index contributed by atoms with van der Waals surface area (Å²) < 4.78 is 7.26. The van der Waals surface area contributed by atoms with Crippen LogP contribution in [0.4, 0.5) is 0 Å². The Kier molecular flexibility index (Phi) is 4.34. The Morgan fingerprint density at radius 3 is 2.77 bits per heavy atom. The molecule has 22 heavy (non-hydrogen) atoms. The van der Waals surface area contributed by atoms with E-state index in [1.54, 1.807) is 0 Å². The fraction of sp³-hybridized carbons (Fsp3) is 0.294. The largest absolute Gasteiger partial charge is 0.376 e. The third kappa shape index (κ3) is 3.43. The van der Waals surface area contributed by atoms with E-state index in [0.29, 0.717) is 19.1 Å². The molecule has 1 aromatic carbocycles. The van der Waals surface area contributed by atoms with Gasteiger partial charge < -0.3 is 4.74 Å². The fourth-order valence-electron chi connectivity index (χ4n) is 2.65. The van der Waals surface area contributed by atoms with Crippen molar-refractivity contribution in [2.24, 2.45) is 5.92 Å². The van der Waals surface area contributed by atoms with E-state index in [0.717, 1.165) is 24.1 Å². The molecule has 5 heteroatoms. The van der Waals surface area contributed by atoms with Gasteiger partial charge in [0.1, 0.15) is 0 Å². The van der Waals surface area contributed by atoms with E-state index in [4.69, 9.17) is 4.74 Å². The van der Waals surface area contributed by atoms with Gasteiger partial charge in [-0.05, 0) is 24.3 Å². The molecular weight excluding hydrogens is 280 g/mol. The van der Waals surface area contributed by atoms with Gasteiger partial charge in [0, 0.05) is 18.0 Å². The minimum Gasteiger partial charge on any atom is -0.376 e. The fourth-order valence-corrected chi connectivity index (χ4v) is 2.65. The van der Waals surface area contributed by atoms with Crippen molar-refractivity contribution >= 4 is 5.70 Å². The third-order valence-electron chi connectivity index (χ3n) is 3.78. The van der Waals surface area contributed by atoms with Crippen LogP contribution < -0.4 is 11.2 Å². The Bertz CT molecular complexity index is 774. The molecule has 1 atom stereocenters. The van der Waals surface area contributed by atoms with Crippen molar-refractivity contribution in [1.82, 2.24) is 9.55 Å². The maximum Gasteiger partial charge on any atom is 0.332 e. The second-order valence-electron chi connectivity index (χ2n) is 5.48. The van der Waals surface area contributed by atoms with Gasteiger partial charge in [0.15, 0.2) is 0 Å². The zero-order chi connectivity index (χ0) is 15.4. The van der Waals surface area contributed by atoms with Gasteiger partial charge in [0.25, 0.3) is 5.56 Å². The summed E-state index contributed by atoms with van der Waals surface area (Å²) in [6.07, 6.45) is 5.23. The van der Waals surface area contributed by atoms with E-state index in [9.17, 15) is 9.59 Å². The summed E-state index contributed by atoms with van der Waals surface area (Å²) in [6.45, 7) is 1.26. The molecule has 0 bridgehead atoms. The van der Waals surface area contributed by atoms with Crippen LogP contribution in [-0.4, -0.2) is 16.2 Å². The number of H-pyrrole nitrogens is 1. The molecule has 1 heterocycles. The average Bonchev–Trinajstić information content (AvgIpc) is 2.97. The molecule has 0 fully saturated rings. The Labute approximate surface area is 127 Å². The van der Waals surface area contributed by atoms with Crippen LogP contribution in [0.25, 0.3) is 5.70 Å². The molecule has 0 aliphatic heterocycles. The number of rotatable bonds is 5. The second-order valence-corrected chi connectivity index (χ2v) is 5.48. The van der Waals surface area contributed by atoms with Gasteiger partial charge in [-0.15, -0.1) is 0 Å². The first-order valence-corrected chi connectivity index (χ1v) is 7.35. The summed E-state index contributed by atoms with van der Waals surface area (Å²) in [7, 11) is 0. The number of aromatic amines is 1. The molecule has 5 nitrogen and oxygen atoms in total. The number of allylic oxidation sites excluding steroid dienone is 2. The minimum atomic E-state index is -0.385. The van der Waals surface area contributed by atoms with Crippen molar-refractivity contribution in [2.75, 3.05) is 6.61 Å². The lowest BCUT2D eigenvalue weighted by Gasteiger charge is -2.12. The van der Waals surface area contributed by atoms with Gasteiger partial charge >= 0.3 is 5.69 Å². The predicted octanol–water partition coefficient (Wildman–Crippen LogP) is 2.00. The number of hydrogen-bond donors (Lipinski definition) is 1. The summed E-state index contributed by atoms with van der Waals surface area (Å²) in [5.74, 6) is 0.373. The lowest BCUT2D eigenvalue weighted by molar-refractivity contribution is 0.0907. The van der Waals surface area contributed by atoms with Gasteiger partial charge in [-0.25, -0.2) is 4.79 Å². The summed E-state index contributed by atoms with van der Waals surface area (Å²) in [5, 5.41) is 0. The zero-order valence-corrected chi connectivity index (χ0v) is 12.2. The first kappa shape index (κ1) is 14.5. The molecule has 114 valence electrons. The third-order valence-corrected chi connectivity index (χ3v) is 3.78. The van der Waals surface area contributed by atoms with Crippen LogP contribution >= 0.6 is 0 Å². The maximum absolute atomic E-state index is 11.8. The van der Waals surface area contributed by atoms with E-state index in [-0.39, 0.29) is 11.2 Å². The van der Waals surface area contributed by atoms with E-state index in [1.165, 1.54) is 16.8 Å². The first-order valence-electron chi connectivity index (χ1n) is 7.35. The van der Waals surface area contributed by atoms with Crippen LogP contribution in [0.1, 0.15) is 18.4 Å². The van der Waals surface area contributed by atoms with E-state index in [1.807, 2.05) is 36.4 Å². The SMILES string of the molecule is O=c1ccn(C2=CC[C@@H](COCc3ccccc3)C2)c(=O)[nH]1. The normalized spacial score (nSPS) is 17.5. The average molecular weight is 298 g/mol. The highest BCUT2D eigenvalue weighted by Gasteiger charge is 2.19. The number of aromatic nitrogens is 2. The highest BCUT2D eigenvalue weighted by molar-refractivity contribution is 5.48. The van der Waals surface area contributed by atoms with E-state index in [2.05, 4.69) is 4.98 Å². The van der Waals surface area contributed by atoms with Crippen LogP contribution in [-0.2, 0) is 11.3 Å². The monoisotopic (exact) mass is 298 g/mol. The molecule has 1 aliphatic carbocycles. The quantitative estimate of drug-likeness (QED) is 0.918. The minimum absolute atomic E-state index is 0.373. The van der Waals surface area contributed by atoms with Crippen molar-refractivity contribution in [1.29, 1.82) is 0 Å². The molecule has 0 spiro atoms. The second kappa shape index (κ2) is 6.58. The van der Waals surface area contributed by atoms with Gasteiger partial charge in [0.2, 0.25) is 0 Å². The van der Waals surface area contributed by atoms with Crippen molar-refractivity contribution in [3.05, 3.63) is 75.1 Å². The van der Waals surface area contributed by atoms with Gasteiger partial charge in [0.05, 0.1) is 13.2 Å². The lowest BCUT2D eigenvalue weighted by Crippen LogP contribution is -2.28. The smallest absolute Gasteiger partial charge is 0.332 e. The van der Waals surface area contributed by atoms with E-state index >= 15 is 0 Å². The molecule has 0 saturated heterocycles. The first-order chi connectivity index (χ1) is 10.7. The molecule has 0 radical (unpaired) electrons. The molecule has 3 rings (SSSR count). The summed E-state index contributed by atoms with van der Waals surface area (Å²) in [4.78, 5) is 25.1. The zero-order valence-electron chi connectivity index (χ0n) is 12.2. The standard InChI is InChI=1S/C17H18N2O3/c20-16-8-9-19(17(21)18-16)15-7-6-14(10-15)12-22-11-13-4-2-1-3-5-13/h1-5,7-9,14H,6,10-12H2,(H,18,20,21)/t14-/m1/s1. The molecule has 0 saturated carbocycles. The molecule has 0 unspecified atom stereocenters. The highest BCUT2D eigenvalue weighted by atomic mass is 16.5. The topological polar surface area (TPSA) is 64.1 Å². The van der Waals surface area contributed by atoms with Crippen LogP contribution in [0.2, 0.25) is 0 Å². The van der Waals surface area contributed by atoms with Crippen LogP contribution in [0, 0.1) is 5.92 Å². The van der Waals surface area contributed by atoms with Crippen molar-refractivity contribution < 1.29 is 4.74 Å². The maximum atomic E-state index is 11.8. The molecule has 1 N–H and O–H groups in total. The lowest BCUT2D eigenvalue weighted by atomic mass is 10.1. The molecule has 0 amide bonds. The summed E-state index contributed by atoms with van der Waals surface area (Å²) in [6, 6.07) is 11.4. The van der Waals surface area contributed by atoms with Crippen molar-refractivity contribution in [3.8, 4) is 0 Å². The molecule has 2 aromatic rings. The molecule has 1 aliphatic rings. The summed E-state index contributed by atoms with van der Waals surface area (Å²) in [5.41, 5.74) is 1.33. The van der Waals surface area contributed by atoms with Gasteiger partial charge in [-0.3, -0.25) is 14.3 Å². The van der Waals surface area contributed by atoms with E-state index < -0.39 is 0 Å². The number of nitrogens with zero attached hydrogens (tertiary/aromatic N) is 1. The van der Waals surface area contributed by atoms with Crippen LogP contribution in [0.3, 0.4) is 0 Å². The molecular formula is C17H18N2O3. The molecule has 1 aromatic heterocycles. The Hall–Kier alpha value is -2.40. The number of nitrogens with one attached hydrogen (secondary N) is 1. The Balaban J connectivity index is 1.53. The number of hydrogen-bond acceptors (Lipinski definition) is 3. The Morgan fingerprint density at radius 1 is 1.18 bits per heavy atom. The Morgan fingerprint density at radius 2 is 2.00 bits per heavy atom.